The Balaban J connectivity index is 2.47. The van der Waals surface area contributed by atoms with E-state index in [0.29, 0.717) is 0 Å². The van der Waals surface area contributed by atoms with Gasteiger partial charge in [0.05, 0.1) is 17.7 Å². The number of aryl methyl sites for hydroxylation is 1. The summed E-state index contributed by atoms with van der Waals surface area (Å²) in [6.07, 6.45) is 3.63. The molecule has 0 radical (unpaired) electrons. The molecular weight excluding hydrogens is 258 g/mol. The van der Waals surface area contributed by atoms with E-state index >= 15 is 0 Å². The van der Waals surface area contributed by atoms with Gasteiger partial charge in [-0.1, -0.05) is 18.5 Å². The molecule has 1 aromatic carbocycles. The molecule has 0 fully saturated rings. The highest BCUT2D eigenvalue weighted by Gasteiger charge is 2.12. The van der Waals surface area contributed by atoms with Crippen LogP contribution >= 0.6 is 11.6 Å². The lowest BCUT2D eigenvalue weighted by Gasteiger charge is -2.15. The zero-order valence-corrected chi connectivity index (χ0v) is 12.4. The molecule has 0 aliphatic carbocycles. The van der Waals surface area contributed by atoms with Crippen molar-refractivity contribution in [1.29, 1.82) is 0 Å². The zero-order valence-electron chi connectivity index (χ0n) is 11.7. The molecule has 4 heteroatoms. The topological polar surface area (TPSA) is 43.8 Å². The Morgan fingerprint density at radius 3 is 2.68 bits per heavy atom. The van der Waals surface area contributed by atoms with Gasteiger partial charge in [0.1, 0.15) is 0 Å². The normalized spacial score (nSPS) is 12.7. The quantitative estimate of drug-likeness (QED) is 0.931. The molecule has 19 heavy (non-hydrogen) atoms. The van der Waals surface area contributed by atoms with Crippen molar-refractivity contribution in [1.82, 2.24) is 9.55 Å². The van der Waals surface area contributed by atoms with Gasteiger partial charge < -0.3 is 10.3 Å². The first-order chi connectivity index (χ1) is 9.02. The van der Waals surface area contributed by atoms with Crippen molar-refractivity contribution < 1.29 is 0 Å². The Morgan fingerprint density at radius 1 is 1.37 bits per heavy atom. The number of hydrogen-bond donors (Lipinski definition) is 1. The highest BCUT2D eigenvalue weighted by molar-refractivity contribution is 6.30. The first-order valence-electron chi connectivity index (χ1n) is 6.57. The van der Waals surface area contributed by atoms with Crippen molar-refractivity contribution >= 4 is 11.6 Å². The van der Waals surface area contributed by atoms with E-state index in [9.17, 15) is 0 Å². The summed E-state index contributed by atoms with van der Waals surface area (Å²) in [7, 11) is 0. The lowest BCUT2D eigenvalue weighted by Crippen LogP contribution is -2.22. The van der Waals surface area contributed by atoms with Crippen molar-refractivity contribution in [3.63, 3.8) is 0 Å². The van der Waals surface area contributed by atoms with E-state index in [4.69, 9.17) is 17.3 Å². The van der Waals surface area contributed by atoms with Crippen LogP contribution in [0.5, 0.6) is 0 Å². The molecule has 0 spiro atoms. The van der Waals surface area contributed by atoms with Crippen LogP contribution in [0.25, 0.3) is 5.69 Å². The maximum Gasteiger partial charge on any atom is 0.0997 e. The fraction of sp³-hybridized carbons (Fsp3) is 0.400. The number of nitrogens with zero attached hydrogens (tertiary/aromatic N) is 2. The fourth-order valence-corrected chi connectivity index (χ4v) is 2.32. The van der Waals surface area contributed by atoms with Gasteiger partial charge in [0, 0.05) is 16.8 Å². The molecule has 1 aromatic heterocycles. The number of benzene rings is 1. The number of hydrogen-bond acceptors (Lipinski definition) is 2. The third-order valence-electron chi connectivity index (χ3n) is 3.56. The predicted octanol–water partition coefficient (Wildman–Crippen LogP) is 3.42. The predicted molar refractivity (Wildman–Crippen MR) is 80.0 cm³/mol. The standard InChI is InChI=1S/C15H20ClN3/c1-4-14(17)8-12-7-13(16)5-6-15(12)19-9-18-10(2)11(19)3/h5-7,9,14H,4,8,17H2,1-3H3. The van der Waals surface area contributed by atoms with Gasteiger partial charge in [0.25, 0.3) is 0 Å². The minimum Gasteiger partial charge on any atom is -0.327 e. The van der Waals surface area contributed by atoms with Crippen molar-refractivity contribution in [2.45, 2.75) is 39.7 Å². The number of imidazole rings is 1. The smallest absolute Gasteiger partial charge is 0.0997 e. The molecule has 2 aromatic rings. The second-order valence-electron chi connectivity index (χ2n) is 4.93. The van der Waals surface area contributed by atoms with E-state index < -0.39 is 0 Å². The molecular formula is C15H20ClN3. The van der Waals surface area contributed by atoms with Crippen molar-refractivity contribution in [3.8, 4) is 5.69 Å². The summed E-state index contributed by atoms with van der Waals surface area (Å²) in [5.74, 6) is 0. The second kappa shape index (κ2) is 5.76. The molecule has 3 nitrogen and oxygen atoms in total. The van der Waals surface area contributed by atoms with Gasteiger partial charge in [-0.2, -0.15) is 0 Å². The molecule has 0 saturated heterocycles. The van der Waals surface area contributed by atoms with E-state index in [1.807, 2.05) is 31.5 Å². The zero-order chi connectivity index (χ0) is 14.0. The lowest BCUT2D eigenvalue weighted by atomic mass is 10.0. The van der Waals surface area contributed by atoms with Crippen molar-refractivity contribution in [3.05, 3.63) is 46.5 Å². The van der Waals surface area contributed by atoms with E-state index in [-0.39, 0.29) is 6.04 Å². The minimum atomic E-state index is 0.155. The molecule has 1 heterocycles. The lowest BCUT2D eigenvalue weighted by molar-refractivity contribution is 0.644. The number of aromatic nitrogens is 2. The van der Waals surface area contributed by atoms with Gasteiger partial charge in [0.15, 0.2) is 0 Å². The molecule has 0 aliphatic rings. The number of halogens is 1. The Kier molecular flexibility index (Phi) is 4.27. The summed E-state index contributed by atoms with van der Waals surface area (Å²) in [6, 6.07) is 6.10. The Morgan fingerprint density at radius 2 is 2.11 bits per heavy atom. The number of rotatable bonds is 4. The highest BCUT2D eigenvalue weighted by atomic mass is 35.5. The second-order valence-corrected chi connectivity index (χ2v) is 5.37. The summed E-state index contributed by atoms with van der Waals surface area (Å²) in [5.41, 5.74) is 10.6. The van der Waals surface area contributed by atoms with Crippen LogP contribution in [0.3, 0.4) is 0 Å². The van der Waals surface area contributed by atoms with Crippen molar-refractivity contribution in [2.24, 2.45) is 5.73 Å². The van der Waals surface area contributed by atoms with Gasteiger partial charge in [0.2, 0.25) is 0 Å². The molecule has 1 atom stereocenters. The molecule has 102 valence electrons. The maximum absolute atomic E-state index is 6.11. The average molecular weight is 278 g/mol. The van der Waals surface area contributed by atoms with E-state index in [2.05, 4.69) is 23.4 Å². The Labute approximate surface area is 119 Å². The van der Waals surface area contributed by atoms with Gasteiger partial charge >= 0.3 is 0 Å². The SMILES string of the molecule is CCC(N)Cc1cc(Cl)ccc1-n1cnc(C)c1C. The number of nitrogens with two attached hydrogens (primary N) is 1. The van der Waals surface area contributed by atoms with Crippen LogP contribution < -0.4 is 5.73 Å². The fourth-order valence-electron chi connectivity index (χ4n) is 2.12. The van der Waals surface area contributed by atoms with Crippen LogP contribution in [0.4, 0.5) is 0 Å². The third-order valence-corrected chi connectivity index (χ3v) is 3.79. The van der Waals surface area contributed by atoms with E-state index in [0.717, 1.165) is 34.9 Å². The van der Waals surface area contributed by atoms with Crippen LogP contribution in [-0.4, -0.2) is 15.6 Å². The molecule has 0 amide bonds. The summed E-state index contributed by atoms with van der Waals surface area (Å²) < 4.78 is 2.10. The van der Waals surface area contributed by atoms with Crippen LogP contribution in [-0.2, 0) is 6.42 Å². The van der Waals surface area contributed by atoms with E-state index in [1.54, 1.807) is 0 Å². The summed E-state index contributed by atoms with van der Waals surface area (Å²) in [4.78, 5) is 4.35. The molecule has 0 saturated carbocycles. The first-order valence-corrected chi connectivity index (χ1v) is 6.95. The maximum atomic E-state index is 6.11. The average Bonchev–Trinajstić information content (AvgIpc) is 2.70. The monoisotopic (exact) mass is 277 g/mol. The molecule has 0 bridgehead atoms. The first kappa shape index (κ1) is 14.1. The van der Waals surface area contributed by atoms with Crippen LogP contribution in [0.2, 0.25) is 5.02 Å². The van der Waals surface area contributed by atoms with Crippen molar-refractivity contribution in [2.75, 3.05) is 0 Å². The minimum absolute atomic E-state index is 0.155. The summed E-state index contributed by atoms with van der Waals surface area (Å²) >= 11 is 6.11. The molecule has 0 aliphatic heterocycles. The van der Waals surface area contributed by atoms with Gasteiger partial charge in [-0.25, -0.2) is 4.98 Å². The van der Waals surface area contributed by atoms with Gasteiger partial charge in [-0.05, 0) is 50.5 Å². The molecule has 2 N–H and O–H groups in total. The highest BCUT2D eigenvalue weighted by Crippen LogP contribution is 2.23. The largest absolute Gasteiger partial charge is 0.327 e. The Bertz CT molecular complexity index is 575. The van der Waals surface area contributed by atoms with Gasteiger partial charge in [-0.3, -0.25) is 0 Å². The van der Waals surface area contributed by atoms with Crippen LogP contribution in [0, 0.1) is 13.8 Å². The molecule has 2 rings (SSSR count). The Hall–Kier alpha value is -1.32. The van der Waals surface area contributed by atoms with Crippen LogP contribution in [0.1, 0.15) is 30.3 Å². The molecule has 1 unspecified atom stereocenters. The summed E-state index contributed by atoms with van der Waals surface area (Å²) in [5, 5.41) is 0.747. The summed E-state index contributed by atoms with van der Waals surface area (Å²) in [6.45, 7) is 6.18. The third kappa shape index (κ3) is 2.99. The van der Waals surface area contributed by atoms with E-state index in [1.165, 1.54) is 5.56 Å². The van der Waals surface area contributed by atoms with Crippen LogP contribution in [0.15, 0.2) is 24.5 Å². The van der Waals surface area contributed by atoms with Gasteiger partial charge in [-0.15, -0.1) is 0 Å².